The molecule has 0 aromatic heterocycles. The van der Waals surface area contributed by atoms with Gasteiger partial charge in [0.05, 0.1) is 23.8 Å². The molecule has 0 bridgehead atoms. The van der Waals surface area contributed by atoms with Gasteiger partial charge in [-0.3, -0.25) is 4.79 Å². The fourth-order valence-electron chi connectivity index (χ4n) is 2.99. The average molecular weight is 328 g/mol. The average Bonchev–Trinajstić information content (AvgIpc) is 2.98. The number of nitriles is 1. The third kappa shape index (κ3) is 2.99. The number of hydrogen-bond acceptors (Lipinski definition) is 3. The third-order valence-electron chi connectivity index (χ3n) is 4.10. The standard InChI is InChI=1S/C18H14F2N2O2/c19-13-4-5-16(20)15(7-13)17-8-14(23)10-22(17)18(24)12-3-1-2-11(6-12)9-21/h1-7,14,17,23H,8,10H2/t14-,17-/m1/s1. The van der Waals surface area contributed by atoms with E-state index in [0.717, 1.165) is 18.2 Å². The summed E-state index contributed by atoms with van der Waals surface area (Å²) in [5.41, 5.74) is 0.635. The zero-order valence-corrected chi connectivity index (χ0v) is 12.6. The van der Waals surface area contributed by atoms with E-state index < -0.39 is 29.7 Å². The van der Waals surface area contributed by atoms with Crippen LogP contribution in [-0.4, -0.2) is 28.6 Å². The maximum absolute atomic E-state index is 14.1. The number of β-amino-alcohol motifs (C(OH)–C–C–N with tert-alkyl or cyclic N) is 1. The predicted molar refractivity (Wildman–Crippen MR) is 81.9 cm³/mol. The number of likely N-dealkylation sites (tertiary alicyclic amines) is 1. The second-order valence-corrected chi connectivity index (χ2v) is 5.72. The summed E-state index contributed by atoms with van der Waals surface area (Å²) in [6.45, 7) is 0.0240. The molecular weight excluding hydrogens is 314 g/mol. The summed E-state index contributed by atoms with van der Waals surface area (Å²) in [6.07, 6.45) is -0.690. The molecule has 4 nitrogen and oxygen atoms in total. The minimum absolute atomic E-state index is 0.0240. The fraction of sp³-hybridized carbons (Fsp3) is 0.222. The van der Waals surface area contributed by atoms with E-state index in [1.165, 1.54) is 11.0 Å². The summed E-state index contributed by atoms with van der Waals surface area (Å²) in [5, 5.41) is 18.9. The van der Waals surface area contributed by atoms with E-state index in [9.17, 15) is 18.7 Å². The number of hydrogen-bond donors (Lipinski definition) is 1. The molecule has 24 heavy (non-hydrogen) atoms. The van der Waals surface area contributed by atoms with Crippen LogP contribution in [0.15, 0.2) is 42.5 Å². The van der Waals surface area contributed by atoms with Crippen molar-refractivity contribution >= 4 is 5.91 Å². The summed E-state index contributed by atoms with van der Waals surface area (Å²) in [4.78, 5) is 14.0. The summed E-state index contributed by atoms with van der Waals surface area (Å²) in [5.74, 6) is -1.66. The zero-order valence-electron chi connectivity index (χ0n) is 12.6. The maximum atomic E-state index is 14.1. The van der Waals surface area contributed by atoms with Crippen molar-refractivity contribution in [1.29, 1.82) is 5.26 Å². The predicted octanol–water partition coefficient (Wildman–Crippen LogP) is 2.78. The molecule has 122 valence electrons. The van der Waals surface area contributed by atoms with Crippen molar-refractivity contribution in [3.05, 3.63) is 70.8 Å². The van der Waals surface area contributed by atoms with Gasteiger partial charge in [-0.15, -0.1) is 0 Å². The van der Waals surface area contributed by atoms with Crippen LogP contribution in [-0.2, 0) is 0 Å². The van der Waals surface area contributed by atoms with Crippen LogP contribution in [0, 0.1) is 23.0 Å². The first-order chi connectivity index (χ1) is 11.5. The van der Waals surface area contributed by atoms with Gasteiger partial charge in [-0.1, -0.05) is 6.07 Å². The molecule has 1 fully saturated rings. The van der Waals surface area contributed by atoms with E-state index in [0.29, 0.717) is 5.56 Å². The van der Waals surface area contributed by atoms with Crippen LogP contribution in [0.3, 0.4) is 0 Å². The van der Waals surface area contributed by atoms with Crippen LogP contribution in [0.1, 0.15) is 33.9 Å². The van der Waals surface area contributed by atoms with E-state index in [1.807, 2.05) is 6.07 Å². The number of aliphatic hydroxyl groups excluding tert-OH is 1. The molecule has 2 aromatic rings. The molecule has 0 unspecified atom stereocenters. The zero-order chi connectivity index (χ0) is 17.3. The van der Waals surface area contributed by atoms with Crippen LogP contribution in [0.4, 0.5) is 8.78 Å². The number of carbonyl (C=O) groups is 1. The molecule has 1 heterocycles. The van der Waals surface area contributed by atoms with Crippen molar-refractivity contribution in [2.75, 3.05) is 6.54 Å². The van der Waals surface area contributed by atoms with Gasteiger partial charge in [-0.25, -0.2) is 8.78 Å². The summed E-state index contributed by atoms with van der Waals surface area (Å²) in [7, 11) is 0. The van der Waals surface area contributed by atoms with Gasteiger partial charge in [0.2, 0.25) is 0 Å². The van der Waals surface area contributed by atoms with Crippen LogP contribution in [0.5, 0.6) is 0 Å². The molecule has 6 heteroatoms. The van der Waals surface area contributed by atoms with E-state index in [4.69, 9.17) is 5.26 Å². The highest BCUT2D eigenvalue weighted by molar-refractivity contribution is 5.95. The van der Waals surface area contributed by atoms with Crippen molar-refractivity contribution in [2.24, 2.45) is 0 Å². The van der Waals surface area contributed by atoms with E-state index in [-0.39, 0.29) is 24.1 Å². The number of benzene rings is 2. The lowest BCUT2D eigenvalue weighted by atomic mass is 10.0. The Balaban J connectivity index is 1.97. The first-order valence-corrected chi connectivity index (χ1v) is 7.43. The SMILES string of the molecule is N#Cc1cccc(C(=O)N2C[C@H](O)C[C@@H]2c2cc(F)ccc2F)c1. The molecule has 0 aliphatic carbocycles. The molecule has 3 rings (SSSR count). The number of halogens is 2. The topological polar surface area (TPSA) is 64.3 Å². The smallest absolute Gasteiger partial charge is 0.254 e. The van der Waals surface area contributed by atoms with Gasteiger partial charge in [0.15, 0.2) is 0 Å². The van der Waals surface area contributed by atoms with E-state index in [2.05, 4.69) is 0 Å². The molecule has 1 saturated heterocycles. The molecule has 2 atom stereocenters. The molecule has 0 saturated carbocycles. The van der Waals surface area contributed by atoms with Crippen molar-refractivity contribution in [3.63, 3.8) is 0 Å². The highest BCUT2D eigenvalue weighted by Crippen LogP contribution is 2.35. The van der Waals surface area contributed by atoms with E-state index >= 15 is 0 Å². The number of carbonyl (C=O) groups excluding carboxylic acids is 1. The first kappa shape index (κ1) is 16.1. The van der Waals surface area contributed by atoms with Gasteiger partial charge >= 0.3 is 0 Å². The van der Waals surface area contributed by atoms with E-state index in [1.54, 1.807) is 18.2 Å². The Morgan fingerprint density at radius 1 is 1.25 bits per heavy atom. The number of amides is 1. The lowest BCUT2D eigenvalue weighted by molar-refractivity contribution is 0.0713. The maximum Gasteiger partial charge on any atom is 0.254 e. The minimum Gasteiger partial charge on any atom is -0.391 e. The van der Waals surface area contributed by atoms with Gasteiger partial charge in [-0.05, 0) is 42.8 Å². The van der Waals surface area contributed by atoms with Crippen molar-refractivity contribution < 1.29 is 18.7 Å². The number of aliphatic hydroxyl groups is 1. The molecular formula is C18H14F2N2O2. The lowest BCUT2D eigenvalue weighted by Crippen LogP contribution is -2.32. The van der Waals surface area contributed by atoms with Gasteiger partial charge in [0.25, 0.3) is 5.91 Å². The molecule has 2 aromatic carbocycles. The Morgan fingerprint density at radius 2 is 2.04 bits per heavy atom. The largest absolute Gasteiger partial charge is 0.391 e. The molecule has 1 aliphatic rings. The van der Waals surface area contributed by atoms with Gasteiger partial charge < -0.3 is 10.0 Å². The lowest BCUT2D eigenvalue weighted by Gasteiger charge is -2.25. The summed E-state index contributed by atoms with van der Waals surface area (Å²) in [6, 6.07) is 10.4. The highest BCUT2D eigenvalue weighted by atomic mass is 19.1. The Labute approximate surface area is 137 Å². The van der Waals surface area contributed by atoms with Crippen molar-refractivity contribution in [2.45, 2.75) is 18.6 Å². The molecule has 1 N–H and O–H groups in total. The van der Waals surface area contributed by atoms with Crippen LogP contribution >= 0.6 is 0 Å². The third-order valence-corrected chi connectivity index (χ3v) is 4.10. The highest BCUT2D eigenvalue weighted by Gasteiger charge is 2.37. The first-order valence-electron chi connectivity index (χ1n) is 7.43. The Hall–Kier alpha value is -2.78. The van der Waals surface area contributed by atoms with Crippen molar-refractivity contribution in [1.82, 2.24) is 4.90 Å². The second-order valence-electron chi connectivity index (χ2n) is 5.72. The second kappa shape index (κ2) is 6.38. The molecule has 0 radical (unpaired) electrons. The number of nitrogens with zero attached hydrogens (tertiary/aromatic N) is 2. The normalized spacial score (nSPS) is 20.0. The molecule has 1 aliphatic heterocycles. The minimum atomic E-state index is -0.819. The Bertz CT molecular complexity index is 832. The Morgan fingerprint density at radius 3 is 2.79 bits per heavy atom. The number of rotatable bonds is 2. The van der Waals surface area contributed by atoms with Crippen LogP contribution in [0.25, 0.3) is 0 Å². The molecule has 1 amide bonds. The van der Waals surface area contributed by atoms with Crippen LogP contribution < -0.4 is 0 Å². The monoisotopic (exact) mass is 328 g/mol. The van der Waals surface area contributed by atoms with Gasteiger partial charge in [0, 0.05) is 17.7 Å². The fourth-order valence-corrected chi connectivity index (χ4v) is 2.99. The molecule has 0 spiro atoms. The Kier molecular flexibility index (Phi) is 4.28. The summed E-state index contributed by atoms with van der Waals surface area (Å²) >= 11 is 0. The van der Waals surface area contributed by atoms with Gasteiger partial charge in [0.1, 0.15) is 11.6 Å². The quantitative estimate of drug-likeness (QED) is 0.922. The van der Waals surface area contributed by atoms with Gasteiger partial charge in [-0.2, -0.15) is 5.26 Å². The summed E-state index contributed by atoms with van der Waals surface area (Å²) < 4.78 is 27.6. The van der Waals surface area contributed by atoms with Crippen LogP contribution in [0.2, 0.25) is 0 Å². The van der Waals surface area contributed by atoms with Crippen molar-refractivity contribution in [3.8, 4) is 6.07 Å².